The highest BCUT2D eigenvalue weighted by Crippen LogP contribution is 2.30. The Kier molecular flexibility index (Phi) is 4.04. The summed E-state index contributed by atoms with van der Waals surface area (Å²) in [6, 6.07) is 1.24. The van der Waals surface area contributed by atoms with Crippen LogP contribution in [0.3, 0.4) is 0 Å². The Bertz CT molecular complexity index is 189. The molecular weight excluding hydrogens is 186 g/mol. The molecule has 0 saturated heterocycles. The van der Waals surface area contributed by atoms with Gasteiger partial charge in [-0.1, -0.05) is 32.6 Å². The topological polar surface area (TPSA) is 23.5 Å². The second kappa shape index (κ2) is 5.31. The van der Waals surface area contributed by atoms with E-state index in [1.807, 2.05) is 0 Å². The van der Waals surface area contributed by atoms with Crippen molar-refractivity contribution in [1.29, 1.82) is 0 Å². The minimum atomic E-state index is -0.0562. The quantitative estimate of drug-likeness (QED) is 0.775. The van der Waals surface area contributed by atoms with Gasteiger partial charge in [-0.25, -0.2) is 0 Å². The van der Waals surface area contributed by atoms with Crippen molar-refractivity contribution in [3.63, 3.8) is 0 Å². The van der Waals surface area contributed by atoms with Gasteiger partial charge in [0.1, 0.15) is 0 Å². The molecule has 0 aromatic rings. The highest BCUT2D eigenvalue weighted by Gasteiger charge is 2.33. The van der Waals surface area contributed by atoms with E-state index in [1.165, 1.54) is 44.9 Å². The number of likely N-dealkylation sites (N-methyl/N-ethyl adjacent to an activating group) is 1. The van der Waals surface area contributed by atoms with Crippen LogP contribution in [0.1, 0.15) is 58.3 Å². The molecule has 2 saturated carbocycles. The van der Waals surface area contributed by atoms with E-state index in [9.17, 15) is 5.11 Å². The standard InChI is InChI=1S/C13H25NO/c1-2-14(11-7-3-4-8-11)12-9-5-6-10-13(12)15/h11-13,15H,2-10H2,1H3/t12-,13-/m1/s1. The molecule has 2 fully saturated rings. The minimum Gasteiger partial charge on any atom is -0.391 e. The highest BCUT2D eigenvalue weighted by molar-refractivity contribution is 4.88. The largest absolute Gasteiger partial charge is 0.391 e. The van der Waals surface area contributed by atoms with Gasteiger partial charge in [0.15, 0.2) is 0 Å². The lowest BCUT2D eigenvalue weighted by Gasteiger charge is -2.40. The van der Waals surface area contributed by atoms with Gasteiger partial charge in [0, 0.05) is 12.1 Å². The van der Waals surface area contributed by atoms with Gasteiger partial charge in [-0.15, -0.1) is 0 Å². The van der Waals surface area contributed by atoms with E-state index in [0.29, 0.717) is 6.04 Å². The predicted octanol–water partition coefficient (Wildman–Crippen LogP) is 2.55. The molecule has 2 aliphatic rings. The molecule has 0 spiro atoms. The van der Waals surface area contributed by atoms with Gasteiger partial charge in [0.2, 0.25) is 0 Å². The van der Waals surface area contributed by atoms with E-state index in [2.05, 4.69) is 11.8 Å². The van der Waals surface area contributed by atoms with Crippen LogP contribution in [0, 0.1) is 0 Å². The first-order valence-corrected chi connectivity index (χ1v) is 6.76. The number of aliphatic hydroxyl groups excluding tert-OH is 1. The average molecular weight is 211 g/mol. The fourth-order valence-corrected chi connectivity index (χ4v) is 3.48. The summed E-state index contributed by atoms with van der Waals surface area (Å²) in [5.41, 5.74) is 0. The zero-order chi connectivity index (χ0) is 10.7. The molecule has 15 heavy (non-hydrogen) atoms. The third kappa shape index (κ3) is 2.54. The van der Waals surface area contributed by atoms with Crippen LogP contribution in [0.25, 0.3) is 0 Å². The second-order valence-corrected chi connectivity index (χ2v) is 5.19. The molecule has 2 rings (SSSR count). The Morgan fingerprint density at radius 1 is 1.00 bits per heavy atom. The van der Waals surface area contributed by atoms with Crippen molar-refractivity contribution in [1.82, 2.24) is 4.90 Å². The molecule has 0 unspecified atom stereocenters. The zero-order valence-electron chi connectivity index (χ0n) is 9.99. The van der Waals surface area contributed by atoms with Crippen LogP contribution in [-0.4, -0.2) is 34.7 Å². The summed E-state index contributed by atoms with van der Waals surface area (Å²) in [6.07, 6.45) is 10.2. The normalized spacial score (nSPS) is 33.8. The second-order valence-electron chi connectivity index (χ2n) is 5.19. The maximum absolute atomic E-state index is 10.1. The smallest absolute Gasteiger partial charge is 0.0695 e. The Morgan fingerprint density at radius 3 is 2.20 bits per heavy atom. The van der Waals surface area contributed by atoms with Crippen LogP contribution in [0.2, 0.25) is 0 Å². The molecule has 0 aromatic carbocycles. The van der Waals surface area contributed by atoms with Gasteiger partial charge in [-0.05, 0) is 32.2 Å². The molecular formula is C13H25NO. The SMILES string of the molecule is CCN(C1CCCC1)[C@@H]1CCCC[C@H]1O. The van der Waals surface area contributed by atoms with E-state index >= 15 is 0 Å². The minimum absolute atomic E-state index is 0.0562. The molecule has 0 bridgehead atoms. The van der Waals surface area contributed by atoms with Crippen molar-refractivity contribution < 1.29 is 5.11 Å². The average Bonchev–Trinajstić information content (AvgIpc) is 2.75. The summed E-state index contributed by atoms with van der Waals surface area (Å²) in [6.45, 7) is 3.37. The lowest BCUT2D eigenvalue weighted by molar-refractivity contribution is 0.00204. The lowest BCUT2D eigenvalue weighted by atomic mass is 9.90. The Labute approximate surface area is 93.7 Å². The molecule has 2 nitrogen and oxygen atoms in total. The van der Waals surface area contributed by atoms with Gasteiger partial charge in [-0.2, -0.15) is 0 Å². The number of hydrogen-bond donors (Lipinski definition) is 1. The van der Waals surface area contributed by atoms with Crippen molar-refractivity contribution >= 4 is 0 Å². The first-order valence-electron chi connectivity index (χ1n) is 6.76. The van der Waals surface area contributed by atoms with Gasteiger partial charge >= 0.3 is 0 Å². The van der Waals surface area contributed by atoms with E-state index in [0.717, 1.165) is 19.0 Å². The summed E-state index contributed by atoms with van der Waals surface area (Å²) in [7, 11) is 0. The van der Waals surface area contributed by atoms with Gasteiger partial charge in [-0.3, -0.25) is 4.90 Å². The Hall–Kier alpha value is -0.0800. The fourth-order valence-electron chi connectivity index (χ4n) is 3.48. The molecule has 0 heterocycles. The monoisotopic (exact) mass is 211 g/mol. The van der Waals surface area contributed by atoms with Crippen molar-refractivity contribution in [2.24, 2.45) is 0 Å². The molecule has 0 radical (unpaired) electrons. The van der Waals surface area contributed by atoms with E-state index in [4.69, 9.17) is 0 Å². The lowest BCUT2D eigenvalue weighted by Crippen LogP contribution is -2.49. The zero-order valence-corrected chi connectivity index (χ0v) is 9.99. The van der Waals surface area contributed by atoms with Crippen molar-refractivity contribution in [2.75, 3.05) is 6.54 Å². The number of nitrogens with zero attached hydrogens (tertiary/aromatic N) is 1. The maximum atomic E-state index is 10.1. The highest BCUT2D eigenvalue weighted by atomic mass is 16.3. The summed E-state index contributed by atoms with van der Waals surface area (Å²) >= 11 is 0. The first-order chi connectivity index (χ1) is 7.33. The molecule has 2 atom stereocenters. The summed E-state index contributed by atoms with van der Waals surface area (Å²) in [4.78, 5) is 2.59. The van der Waals surface area contributed by atoms with Crippen LogP contribution in [-0.2, 0) is 0 Å². The predicted molar refractivity (Wildman–Crippen MR) is 62.9 cm³/mol. The summed E-state index contributed by atoms with van der Waals surface area (Å²) < 4.78 is 0. The van der Waals surface area contributed by atoms with Crippen molar-refractivity contribution in [3.8, 4) is 0 Å². The van der Waals surface area contributed by atoms with Gasteiger partial charge in [0.05, 0.1) is 6.10 Å². The van der Waals surface area contributed by atoms with Gasteiger partial charge < -0.3 is 5.11 Å². The van der Waals surface area contributed by atoms with Crippen molar-refractivity contribution in [2.45, 2.75) is 76.5 Å². The van der Waals surface area contributed by atoms with Crippen LogP contribution < -0.4 is 0 Å². The maximum Gasteiger partial charge on any atom is 0.0695 e. The summed E-state index contributed by atoms with van der Waals surface area (Å²) in [5.74, 6) is 0. The van der Waals surface area contributed by atoms with E-state index in [-0.39, 0.29) is 6.10 Å². The molecule has 1 N–H and O–H groups in total. The Balaban J connectivity index is 1.97. The third-order valence-corrected chi connectivity index (χ3v) is 4.28. The van der Waals surface area contributed by atoms with E-state index < -0.39 is 0 Å². The molecule has 2 aliphatic carbocycles. The van der Waals surface area contributed by atoms with Crippen LogP contribution in [0.4, 0.5) is 0 Å². The van der Waals surface area contributed by atoms with Crippen LogP contribution in [0.5, 0.6) is 0 Å². The molecule has 88 valence electrons. The number of rotatable bonds is 3. The molecule has 0 amide bonds. The van der Waals surface area contributed by atoms with E-state index in [1.54, 1.807) is 0 Å². The molecule has 0 aliphatic heterocycles. The molecule has 0 aromatic heterocycles. The third-order valence-electron chi connectivity index (χ3n) is 4.28. The molecule has 2 heteroatoms. The number of aliphatic hydroxyl groups is 1. The number of hydrogen-bond acceptors (Lipinski definition) is 2. The summed E-state index contributed by atoms with van der Waals surface area (Å²) in [5, 5.41) is 10.1. The van der Waals surface area contributed by atoms with Gasteiger partial charge in [0.25, 0.3) is 0 Å². The Morgan fingerprint density at radius 2 is 1.60 bits per heavy atom. The van der Waals surface area contributed by atoms with Crippen molar-refractivity contribution in [3.05, 3.63) is 0 Å². The fraction of sp³-hybridized carbons (Fsp3) is 1.00. The first kappa shape index (κ1) is 11.4. The van der Waals surface area contributed by atoms with Crippen LogP contribution in [0.15, 0.2) is 0 Å². The van der Waals surface area contributed by atoms with Crippen LogP contribution >= 0.6 is 0 Å².